The second kappa shape index (κ2) is 5.23. The molecule has 1 aliphatic carbocycles. The molecule has 3 atom stereocenters. The largest absolute Gasteiger partial charge is 0.327 e. The molecule has 2 N–H and O–H groups in total. The zero-order valence-corrected chi connectivity index (χ0v) is 12.6. The SMILES string of the molecule is Cc1nn(C)c(CC(N)C2CC2c2ccccc2)c1Cl. The molecule has 4 heteroatoms. The molecule has 1 aliphatic rings. The molecule has 1 heterocycles. The quantitative estimate of drug-likeness (QED) is 0.940. The van der Waals surface area contributed by atoms with Crippen LogP contribution in [-0.4, -0.2) is 15.8 Å². The number of aromatic nitrogens is 2. The zero-order valence-electron chi connectivity index (χ0n) is 11.9. The molecule has 0 saturated heterocycles. The van der Waals surface area contributed by atoms with Gasteiger partial charge in [0.05, 0.1) is 16.4 Å². The summed E-state index contributed by atoms with van der Waals surface area (Å²) in [7, 11) is 1.93. The standard InChI is InChI=1S/C16H20ClN3/c1-10-16(17)15(20(2)19-10)9-14(18)13-8-12(13)11-6-4-3-5-7-11/h3-7,12-14H,8-9,18H2,1-2H3. The fourth-order valence-electron chi connectivity index (χ4n) is 3.05. The van der Waals surface area contributed by atoms with E-state index in [1.54, 1.807) is 0 Å². The number of halogens is 1. The van der Waals surface area contributed by atoms with Gasteiger partial charge in [-0.25, -0.2) is 0 Å². The van der Waals surface area contributed by atoms with E-state index < -0.39 is 0 Å². The number of nitrogens with zero attached hydrogens (tertiary/aromatic N) is 2. The molecule has 3 unspecified atom stereocenters. The van der Waals surface area contributed by atoms with E-state index in [-0.39, 0.29) is 6.04 Å². The van der Waals surface area contributed by atoms with Gasteiger partial charge in [0, 0.05) is 19.5 Å². The summed E-state index contributed by atoms with van der Waals surface area (Å²) in [5.74, 6) is 1.17. The van der Waals surface area contributed by atoms with E-state index in [1.807, 2.05) is 18.7 Å². The van der Waals surface area contributed by atoms with Gasteiger partial charge in [0.15, 0.2) is 0 Å². The third-order valence-corrected chi connectivity index (χ3v) is 4.80. The highest BCUT2D eigenvalue weighted by molar-refractivity contribution is 6.31. The van der Waals surface area contributed by atoms with Crippen molar-refractivity contribution < 1.29 is 0 Å². The maximum atomic E-state index is 6.39. The van der Waals surface area contributed by atoms with Crippen molar-refractivity contribution in [3.8, 4) is 0 Å². The van der Waals surface area contributed by atoms with E-state index in [4.69, 9.17) is 17.3 Å². The molecule has 106 valence electrons. The van der Waals surface area contributed by atoms with Crippen LogP contribution in [0.4, 0.5) is 0 Å². The maximum Gasteiger partial charge on any atom is 0.0847 e. The normalized spacial score (nSPS) is 22.8. The number of benzene rings is 1. The minimum Gasteiger partial charge on any atom is -0.327 e. The van der Waals surface area contributed by atoms with E-state index in [0.29, 0.717) is 11.8 Å². The smallest absolute Gasteiger partial charge is 0.0847 e. The lowest BCUT2D eigenvalue weighted by atomic mass is 10.0. The van der Waals surface area contributed by atoms with Crippen molar-refractivity contribution in [1.82, 2.24) is 9.78 Å². The second-order valence-corrected chi connectivity index (χ2v) is 6.13. The van der Waals surface area contributed by atoms with Crippen molar-refractivity contribution in [2.75, 3.05) is 0 Å². The monoisotopic (exact) mass is 289 g/mol. The van der Waals surface area contributed by atoms with Crippen molar-refractivity contribution in [1.29, 1.82) is 0 Å². The van der Waals surface area contributed by atoms with Crippen LogP contribution in [0.25, 0.3) is 0 Å². The first kappa shape index (κ1) is 13.7. The number of nitrogens with two attached hydrogens (primary N) is 1. The number of aryl methyl sites for hydroxylation is 2. The maximum absolute atomic E-state index is 6.39. The first-order chi connectivity index (χ1) is 9.58. The van der Waals surface area contributed by atoms with Gasteiger partial charge in [-0.3, -0.25) is 4.68 Å². The summed E-state index contributed by atoms with van der Waals surface area (Å²) in [5.41, 5.74) is 9.72. The van der Waals surface area contributed by atoms with E-state index in [0.717, 1.165) is 22.8 Å². The number of hydrogen-bond acceptors (Lipinski definition) is 2. The summed E-state index contributed by atoms with van der Waals surface area (Å²) in [6.07, 6.45) is 1.98. The molecule has 0 aliphatic heterocycles. The summed E-state index contributed by atoms with van der Waals surface area (Å²) in [6.45, 7) is 1.93. The van der Waals surface area contributed by atoms with Crippen LogP contribution in [-0.2, 0) is 13.5 Å². The molecule has 3 nitrogen and oxygen atoms in total. The molecular formula is C16H20ClN3. The topological polar surface area (TPSA) is 43.8 Å². The van der Waals surface area contributed by atoms with Crippen molar-refractivity contribution >= 4 is 11.6 Å². The van der Waals surface area contributed by atoms with Gasteiger partial charge in [0.2, 0.25) is 0 Å². The molecule has 1 aromatic heterocycles. The first-order valence-electron chi connectivity index (χ1n) is 7.06. The van der Waals surface area contributed by atoms with Gasteiger partial charge in [-0.05, 0) is 30.7 Å². The first-order valence-corrected chi connectivity index (χ1v) is 7.44. The van der Waals surface area contributed by atoms with Crippen molar-refractivity contribution in [3.63, 3.8) is 0 Å². The Labute approximate surface area is 124 Å². The third kappa shape index (κ3) is 2.48. The van der Waals surface area contributed by atoms with Crippen molar-refractivity contribution in [2.45, 2.75) is 31.7 Å². The second-order valence-electron chi connectivity index (χ2n) is 5.75. The molecule has 20 heavy (non-hydrogen) atoms. The van der Waals surface area contributed by atoms with Gasteiger partial charge in [-0.1, -0.05) is 41.9 Å². The molecule has 0 spiro atoms. The van der Waals surface area contributed by atoms with Crippen LogP contribution in [0.2, 0.25) is 5.02 Å². The fraction of sp³-hybridized carbons (Fsp3) is 0.438. The summed E-state index contributed by atoms with van der Waals surface area (Å²) in [6, 6.07) is 10.8. The number of hydrogen-bond donors (Lipinski definition) is 1. The van der Waals surface area contributed by atoms with E-state index in [2.05, 4.69) is 35.4 Å². The molecule has 3 rings (SSSR count). The van der Waals surface area contributed by atoms with Crippen molar-refractivity contribution in [2.24, 2.45) is 18.7 Å². The van der Waals surface area contributed by atoms with Crippen LogP contribution < -0.4 is 5.73 Å². The van der Waals surface area contributed by atoms with Gasteiger partial charge in [0.25, 0.3) is 0 Å². The predicted octanol–water partition coefficient (Wildman–Crippen LogP) is 3.06. The van der Waals surface area contributed by atoms with Gasteiger partial charge < -0.3 is 5.73 Å². The average molecular weight is 290 g/mol. The summed E-state index contributed by atoms with van der Waals surface area (Å²) in [4.78, 5) is 0. The van der Waals surface area contributed by atoms with Crippen LogP contribution in [0, 0.1) is 12.8 Å². The van der Waals surface area contributed by atoms with Crippen LogP contribution in [0.1, 0.15) is 29.3 Å². The molecule has 0 amide bonds. The van der Waals surface area contributed by atoms with Crippen molar-refractivity contribution in [3.05, 3.63) is 52.3 Å². The lowest BCUT2D eigenvalue weighted by Crippen LogP contribution is -2.27. The molecule has 0 bridgehead atoms. The van der Waals surface area contributed by atoms with E-state index in [9.17, 15) is 0 Å². The molecule has 0 radical (unpaired) electrons. The Hall–Kier alpha value is -1.32. The van der Waals surface area contributed by atoms with E-state index in [1.165, 1.54) is 12.0 Å². The third-order valence-electron chi connectivity index (χ3n) is 4.31. The van der Waals surface area contributed by atoms with Crippen LogP contribution in [0.5, 0.6) is 0 Å². The van der Waals surface area contributed by atoms with Gasteiger partial charge >= 0.3 is 0 Å². The molecule has 1 aromatic carbocycles. The van der Waals surface area contributed by atoms with Crippen LogP contribution in [0.3, 0.4) is 0 Å². The Balaban J connectivity index is 1.68. The Morgan fingerprint density at radius 2 is 2.10 bits per heavy atom. The lowest BCUT2D eigenvalue weighted by molar-refractivity contribution is 0.551. The fourth-order valence-corrected chi connectivity index (χ4v) is 3.29. The van der Waals surface area contributed by atoms with Crippen LogP contribution >= 0.6 is 11.6 Å². The minimum absolute atomic E-state index is 0.146. The summed E-state index contributed by atoms with van der Waals surface area (Å²) < 4.78 is 1.86. The van der Waals surface area contributed by atoms with Crippen LogP contribution in [0.15, 0.2) is 30.3 Å². The molecular weight excluding hydrogens is 270 g/mol. The Bertz CT molecular complexity index is 606. The van der Waals surface area contributed by atoms with Gasteiger partial charge in [0.1, 0.15) is 0 Å². The minimum atomic E-state index is 0.146. The number of rotatable bonds is 4. The summed E-state index contributed by atoms with van der Waals surface area (Å²) in [5, 5.41) is 5.11. The predicted molar refractivity (Wildman–Crippen MR) is 81.9 cm³/mol. The lowest BCUT2D eigenvalue weighted by Gasteiger charge is -2.12. The highest BCUT2D eigenvalue weighted by Gasteiger charge is 2.42. The van der Waals surface area contributed by atoms with Gasteiger partial charge in [-0.15, -0.1) is 0 Å². The molecule has 2 aromatic rings. The average Bonchev–Trinajstić information content (AvgIpc) is 3.20. The Kier molecular flexibility index (Phi) is 3.57. The Morgan fingerprint density at radius 1 is 1.40 bits per heavy atom. The van der Waals surface area contributed by atoms with Gasteiger partial charge in [-0.2, -0.15) is 5.10 Å². The Morgan fingerprint density at radius 3 is 2.70 bits per heavy atom. The molecule has 1 fully saturated rings. The highest BCUT2D eigenvalue weighted by atomic mass is 35.5. The highest BCUT2D eigenvalue weighted by Crippen LogP contribution is 2.49. The molecule has 1 saturated carbocycles. The zero-order chi connectivity index (χ0) is 14.3. The van der Waals surface area contributed by atoms with E-state index >= 15 is 0 Å². The summed E-state index contributed by atoms with van der Waals surface area (Å²) >= 11 is 6.30.